The van der Waals surface area contributed by atoms with E-state index in [2.05, 4.69) is 45.2 Å². The maximum absolute atomic E-state index is 11.5. The summed E-state index contributed by atoms with van der Waals surface area (Å²) < 4.78 is 1.52. The average Bonchev–Trinajstić information content (AvgIpc) is 3.22. The Labute approximate surface area is 150 Å². The number of pyridine rings is 1. The summed E-state index contributed by atoms with van der Waals surface area (Å²) in [4.78, 5) is 23.0. The molecule has 4 heterocycles. The van der Waals surface area contributed by atoms with Crippen LogP contribution in [0.15, 0.2) is 30.6 Å². The van der Waals surface area contributed by atoms with Crippen LogP contribution >= 0.6 is 0 Å². The minimum absolute atomic E-state index is 0.0229. The SMILES string of the molecule is CNc1cc(C2CN(C(C)C)c3ncccc32)nc2c(C(=O)O)cnn12. The van der Waals surface area contributed by atoms with Crippen molar-refractivity contribution in [3.8, 4) is 0 Å². The van der Waals surface area contributed by atoms with Crippen molar-refractivity contribution in [3.05, 3.63) is 47.4 Å². The van der Waals surface area contributed by atoms with E-state index in [0.29, 0.717) is 17.5 Å². The lowest BCUT2D eigenvalue weighted by Crippen LogP contribution is -2.30. The van der Waals surface area contributed by atoms with Crippen molar-refractivity contribution in [1.82, 2.24) is 19.6 Å². The number of nitrogens with zero attached hydrogens (tertiary/aromatic N) is 5. The number of fused-ring (bicyclic) bond motifs is 2. The van der Waals surface area contributed by atoms with Gasteiger partial charge in [-0.15, -0.1) is 0 Å². The Balaban J connectivity index is 1.89. The summed E-state index contributed by atoms with van der Waals surface area (Å²) in [6, 6.07) is 6.23. The summed E-state index contributed by atoms with van der Waals surface area (Å²) in [5.41, 5.74) is 2.35. The summed E-state index contributed by atoms with van der Waals surface area (Å²) in [7, 11) is 1.78. The second-order valence-corrected chi connectivity index (χ2v) is 6.63. The van der Waals surface area contributed by atoms with E-state index >= 15 is 0 Å². The molecule has 2 N–H and O–H groups in total. The highest BCUT2D eigenvalue weighted by molar-refractivity contribution is 5.94. The third-order valence-corrected chi connectivity index (χ3v) is 4.80. The van der Waals surface area contributed by atoms with Gasteiger partial charge in [-0.05, 0) is 19.9 Å². The van der Waals surface area contributed by atoms with Crippen molar-refractivity contribution in [2.45, 2.75) is 25.8 Å². The Kier molecular flexibility index (Phi) is 3.75. The van der Waals surface area contributed by atoms with Crippen LogP contribution in [0.5, 0.6) is 0 Å². The first-order chi connectivity index (χ1) is 12.5. The zero-order valence-corrected chi connectivity index (χ0v) is 14.8. The molecule has 3 aromatic rings. The number of carboxylic acid groups (broad SMARTS) is 1. The standard InChI is InChI=1S/C18H20N6O2/c1-10(2)23-9-13(11-5-4-6-20-16(11)23)14-7-15(19-3)24-17(22-14)12(8-21-24)18(25)26/h4-8,10,13,19H,9H2,1-3H3,(H,25,26). The summed E-state index contributed by atoms with van der Waals surface area (Å²) in [6.45, 7) is 5.03. The maximum atomic E-state index is 11.5. The third-order valence-electron chi connectivity index (χ3n) is 4.80. The van der Waals surface area contributed by atoms with Gasteiger partial charge in [-0.25, -0.2) is 14.8 Å². The predicted molar refractivity (Wildman–Crippen MR) is 98.1 cm³/mol. The Morgan fingerprint density at radius 2 is 2.23 bits per heavy atom. The first-order valence-electron chi connectivity index (χ1n) is 8.52. The van der Waals surface area contributed by atoms with E-state index in [1.54, 1.807) is 13.2 Å². The molecular formula is C18H20N6O2. The Morgan fingerprint density at radius 1 is 1.42 bits per heavy atom. The van der Waals surface area contributed by atoms with Gasteiger partial charge in [0.2, 0.25) is 0 Å². The Bertz CT molecular complexity index is 997. The molecule has 0 fully saturated rings. The molecule has 3 aromatic heterocycles. The molecule has 1 aliphatic heterocycles. The van der Waals surface area contributed by atoms with Gasteiger partial charge >= 0.3 is 5.97 Å². The van der Waals surface area contributed by atoms with E-state index in [1.165, 1.54) is 10.7 Å². The number of rotatable bonds is 4. The smallest absolute Gasteiger partial charge is 0.341 e. The summed E-state index contributed by atoms with van der Waals surface area (Å²) in [6.07, 6.45) is 3.13. The molecule has 0 spiro atoms. The lowest BCUT2D eigenvalue weighted by Gasteiger charge is -2.23. The quantitative estimate of drug-likeness (QED) is 0.743. The number of carboxylic acids is 1. The molecular weight excluding hydrogens is 332 g/mol. The number of aromatic carboxylic acids is 1. The van der Waals surface area contributed by atoms with Gasteiger partial charge in [0.1, 0.15) is 17.2 Å². The highest BCUT2D eigenvalue weighted by Gasteiger charge is 2.33. The van der Waals surface area contributed by atoms with Crippen molar-refractivity contribution >= 4 is 23.3 Å². The lowest BCUT2D eigenvalue weighted by molar-refractivity contribution is 0.0698. The molecule has 1 atom stereocenters. The van der Waals surface area contributed by atoms with Gasteiger partial charge in [-0.3, -0.25) is 0 Å². The van der Waals surface area contributed by atoms with Gasteiger partial charge < -0.3 is 15.3 Å². The van der Waals surface area contributed by atoms with Gasteiger partial charge in [0.25, 0.3) is 0 Å². The van der Waals surface area contributed by atoms with Crippen LogP contribution in [0.3, 0.4) is 0 Å². The van der Waals surface area contributed by atoms with Crippen molar-refractivity contribution in [1.29, 1.82) is 0 Å². The van der Waals surface area contributed by atoms with Gasteiger partial charge in [0.15, 0.2) is 5.65 Å². The van der Waals surface area contributed by atoms with Crippen LogP contribution in [0.4, 0.5) is 11.6 Å². The van der Waals surface area contributed by atoms with E-state index in [0.717, 1.165) is 23.6 Å². The van der Waals surface area contributed by atoms with Crippen molar-refractivity contribution in [2.24, 2.45) is 0 Å². The molecule has 4 rings (SSSR count). The number of hydrogen-bond donors (Lipinski definition) is 2. The Hall–Kier alpha value is -3.16. The minimum Gasteiger partial charge on any atom is -0.477 e. The molecule has 0 amide bonds. The number of nitrogens with one attached hydrogen (secondary N) is 1. The highest BCUT2D eigenvalue weighted by atomic mass is 16.4. The molecule has 0 saturated heterocycles. The monoisotopic (exact) mass is 352 g/mol. The second-order valence-electron chi connectivity index (χ2n) is 6.63. The fourth-order valence-electron chi connectivity index (χ4n) is 3.50. The molecule has 0 radical (unpaired) electrons. The van der Waals surface area contributed by atoms with E-state index in [-0.39, 0.29) is 11.5 Å². The fraction of sp³-hybridized carbons (Fsp3) is 0.333. The van der Waals surface area contributed by atoms with Crippen LogP contribution in [0, 0.1) is 0 Å². The molecule has 26 heavy (non-hydrogen) atoms. The third kappa shape index (κ3) is 2.37. The summed E-state index contributed by atoms with van der Waals surface area (Å²) >= 11 is 0. The molecule has 0 aromatic carbocycles. The van der Waals surface area contributed by atoms with Crippen LogP contribution in [0.25, 0.3) is 5.65 Å². The second kappa shape index (κ2) is 5.98. The topological polar surface area (TPSA) is 95.6 Å². The van der Waals surface area contributed by atoms with Crippen molar-refractivity contribution < 1.29 is 9.90 Å². The largest absolute Gasteiger partial charge is 0.477 e. The molecule has 1 aliphatic rings. The van der Waals surface area contributed by atoms with Gasteiger partial charge in [0, 0.05) is 43.4 Å². The van der Waals surface area contributed by atoms with Crippen LogP contribution in [0.1, 0.15) is 41.4 Å². The Morgan fingerprint density at radius 3 is 2.92 bits per heavy atom. The number of hydrogen-bond acceptors (Lipinski definition) is 6. The fourth-order valence-corrected chi connectivity index (χ4v) is 3.50. The van der Waals surface area contributed by atoms with Crippen LogP contribution in [0.2, 0.25) is 0 Å². The summed E-state index contributed by atoms with van der Waals surface area (Å²) in [5, 5.41) is 16.7. The lowest BCUT2D eigenvalue weighted by atomic mass is 9.99. The average molecular weight is 352 g/mol. The molecule has 1 unspecified atom stereocenters. The van der Waals surface area contributed by atoms with Gasteiger partial charge in [-0.2, -0.15) is 9.61 Å². The van der Waals surface area contributed by atoms with E-state index in [1.807, 2.05) is 12.1 Å². The van der Waals surface area contributed by atoms with Crippen LogP contribution < -0.4 is 10.2 Å². The molecule has 0 bridgehead atoms. The first-order valence-corrected chi connectivity index (χ1v) is 8.52. The van der Waals surface area contributed by atoms with Crippen molar-refractivity contribution in [2.75, 3.05) is 23.8 Å². The van der Waals surface area contributed by atoms with Crippen LogP contribution in [-0.2, 0) is 0 Å². The molecule has 0 saturated carbocycles. The highest BCUT2D eigenvalue weighted by Crippen LogP contribution is 2.39. The molecule has 134 valence electrons. The summed E-state index contributed by atoms with van der Waals surface area (Å²) in [5.74, 6) is 0.650. The van der Waals surface area contributed by atoms with Crippen molar-refractivity contribution in [3.63, 3.8) is 0 Å². The van der Waals surface area contributed by atoms with E-state index < -0.39 is 5.97 Å². The van der Waals surface area contributed by atoms with E-state index in [9.17, 15) is 9.90 Å². The first kappa shape index (κ1) is 16.3. The van der Waals surface area contributed by atoms with E-state index in [4.69, 9.17) is 0 Å². The number of anilines is 2. The predicted octanol–water partition coefficient (Wildman–Crippen LogP) is 2.22. The maximum Gasteiger partial charge on any atom is 0.341 e. The molecule has 8 heteroatoms. The number of aromatic nitrogens is 4. The zero-order chi connectivity index (χ0) is 18.4. The molecule has 0 aliphatic carbocycles. The minimum atomic E-state index is -1.04. The molecule has 8 nitrogen and oxygen atoms in total. The normalized spacial score (nSPS) is 16.3. The zero-order valence-electron chi connectivity index (χ0n) is 14.8. The van der Waals surface area contributed by atoms with Gasteiger partial charge in [-0.1, -0.05) is 6.07 Å². The van der Waals surface area contributed by atoms with Gasteiger partial charge in [0.05, 0.1) is 11.9 Å². The van der Waals surface area contributed by atoms with Crippen LogP contribution in [-0.4, -0.2) is 50.3 Å². The number of carbonyl (C=O) groups is 1.